The van der Waals surface area contributed by atoms with Gasteiger partial charge in [-0.05, 0) is 46.1 Å². The molecule has 5 rings (SSSR count). The summed E-state index contributed by atoms with van der Waals surface area (Å²) < 4.78 is 16.6. The fraction of sp³-hybridized carbons (Fsp3) is 0.200. The summed E-state index contributed by atoms with van der Waals surface area (Å²) in [5, 5.41) is 0.836. The Hall–Kier alpha value is -1.96. The fourth-order valence-electron chi connectivity index (χ4n) is 4.02. The quantitative estimate of drug-likeness (QED) is 0.550. The lowest BCUT2D eigenvalue weighted by Gasteiger charge is -2.46. The third-order valence-electron chi connectivity index (χ3n) is 5.31. The van der Waals surface area contributed by atoms with E-state index < -0.39 is 5.41 Å². The van der Waals surface area contributed by atoms with E-state index in [9.17, 15) is 9.18 Å². The van der Waals surface area contributed by atoms with Crippen LogP contribution in [-0.4, -0.2) is 35.3 Å². The minimum atomic E-state index is -0.593. The third-order valence-corrected chi connectivity index (χ3v) is 6.92. The van der Waals surface area contributed by atoms with Gasteiger partial charge in [-0.2, -0.15) is 0 Å². The number of carbonyl (C=O) groups excluding carboxylic acids is 1. The number of hydrogen-bond acceptors (Lipinski definition) is 4. The van der Waals surface area contributed by atoms with Gasteiger partial charge in [0, 0.05) is 42.0 Å². The Balaban J connectivity index is 1.57. The van der Waals surface area contributed by atoms with Crippen LogP contribution in [0.3, 0.4) is 0 Å². The molecule has 0 bridgehead atoms. The highest BCUT2D eigenvalue weighted by molar-refractivity contribution is 9.10. The van der Waals surface area contributed by atoms with Gasteiger partial charge in [0.1, 0.15) is 11.2 Å². The summed E-state index contributed by atoms with van der Waals surface area (Å²) >= 11 is 4.93. The molecule has 0 unspecified atom stereocenters. The maximum Gasteiger partial charge on any atom is 0.240 e. The van der Waals surface area contributed by atoms with Gasteiger partial charge >= 0.3 is 0 Å². The molecular weight excluding hydrogens is 429 g/mol. The minimum Gasteiger partial charge on any atom is -0.313 e. The maximum atomic E-state index is 14.0. The summed E-state index contributed by atoms with van der Waals surface area (Å²) in [5.74, 6) is -0.270. The number of halogens is 2. The van der Waals surface area contributed by atoms with Gasteiger partial charge < -0.3 is 4.90 Å². The molecule has 0 saturated carbocycles. The minimum absolute atomic E-state index is 0.0807. The van der Waals surface area contributed by atoms with E-state index in [0.29, 0.717) is 23.1 Å². The van der Waals surface area contributed by atoms with Crippen molar-refractivity contribution in [1.82, 2.24) is 9.29 Å². The number of fused-ring (bicyclic) bond motifs is 4. The van der Waals surface area contributed by atoms with Gasteiger partial charge in [0.2, 0.25) is 5.91 Å². The summed E-state index contributed by atoms with van der Waals surface area (Å²) in [5.41, 5.74) is 1.76. The van der Waals surface area contributed by atoms with Crippen LogP contribution >= 0.6 is 27.9 Å². The molecule has 0 N–H and O–H groups in total. The number of benzene rings is 2. The van der Waals surface area contributed by atoms with Crippen LogP contribution in [0, 0.1) is 5.82 Å². The zero-order valence-corrected chi connectivity index (χ0v) is 16.8. The number of rotatable bonds is 2. The van der Waals surface area contributed by atoms with E-state index in [2.05, 4.69) is 37.4 Å². The topological polar surface area (TPSA) is 36.4 Å². The molecule has 1 spiro atoms. The van der Waals surface area contributed by atoms with Gasteiger partial charge in [-0.3, -0.25) is 9.78 Å². The van der Waals surface area contributed by atoms with Crippen molar-refractivity contribution >= 4 is 50.4 Å². The molecule has 2 aliphatic heterocycles. The number of pyridine rings is 1. The number of likely N-dealkylation sites (N-methyl/N-ethyl adjacent to an activating group) is 1. The first-order valence-corrected chi connectivity index (χ1v) is 10.1. The molecule has 2 aromatic carbocycles. The molecule has 136 valence electrons. The van der Waals surface area contributed by atoms with E-state index in [4.69, 9.17) is 0 Å². The predicted octanol–water partition coefficient (Wildman–Crippen LogP) is 4.37. The van der Waals surface area contributed by atoms with Crippen LogP contribution in [0.5, 0.6) is 0 Å². The summed E-state index contributed by atoms with van der Waals surface area (Å²) in [4.78, 5) is 20.3. The van der Waals surface area contributed by atoms with E-state index in [1.807, 2.05) is 18.2 Å². The monoisotopic (exact) mass is 443 g/mol. The number of hydrogen-bond donors (Lipinski definition) is 0. The second-order valence-corrected chi connectivity index (χ2v) is 8.98. The number of carbonyl (C=O) groups is 1. The van der Waals surface area contributed by atoms with E-state index >= 15 is 0 Å². The maximum absolute atomic E-state index is 14.0. The summed E-state index contributed by atoms with van der Waals surface area (Å²) in [6.45, 7) is 1.24. The van der Waals surface area contributed by atoms with Crippen LogP contribution in [0.1, 0.15) is 5.56 Å². The number of amides is 1. The van der Waals surface area contributed by atoms with Crippen LogP contribution in [-0.2, 0) is 10.2 Å². The van der Waals surface area contributed by atoms with Gasteiger partial charge in [-0.15, -0.1) is 0 Å². The average Bonchev–Trinajstić information content (AvgIpc) is 2.86. The van der Waals surface area contributed by atoms with Crippen molar-refractivity contribution < 1.29 is 9.18 Å². The van der Waals surface area contributed by atoms with Crippen molar-refractivity contribution in [2.24, 2.45) is 0 Å². The highest BCUT2D eigenvalue weighted by Gasteiger charge is 2.58. The van der Waals surface area contributed by atoms with E-state index in [0.717, 1.165) is 21.5 Å². The Morgan fingerprint density at radius 1 is 1.22 bits per heavy atom. The molecule has 3 aromatic rings. The molecule has 2 aliphatic rings. The highest BCUT2D eigenvalue weighted by Crippen LogP contribution is 2.51. The number of anilines is 1. The third kappa shape index (κ3) is 2.45. The largest absolute Gasteiger partial charge is 0.313 e. The molecule has 1 amide bonds. The SMILES string of the molecule is CN1C(=O)C2(CN(Sc3ccccc3)C2)c2c1cnc1cc(F)c(Br)cc21. The zero-order chi connectivity index (χ0) is 18.8. The number of nitrogens with zero attached hydrogens (tertiary/aromatic N) is 3. The molecular formula is C20H15BrFN3OS. The van der Waals surface area contributed by atoms with Crippen molar-refractivity contribution in [3.8, 4) is 0 Å². The predicted molar refractivity (Wildman–Crippen MR) is 108 cm³/mol. The molecule has 7 heteroatoms. The van der Waals surface area contributed by atoms with Crippen LogP contribution in [0.2, 0.25) is 0 Å². The fourth-order valence-corrected chi connectivity index (χ4v) is 5.51. The van der Waals surface area contributed by atoms with Crippen molar-refractivity contribution in [1.29, 1.82) is 0 Å². The standard InChI is InChI=1S/C20H15BrFN3OS/c1-24-17-9-23-16-8-15(22)14(21)7-13(16)18(17)20(19(24)26)10-25(11-20)27-12-5-3-2-4-6-12/h2-9H,10-11H2,1H3. The molecule has 0 atom stereocenters. The van der Waals surface area contributed by atoms with Gasteiger partial charge in [-0.25, -0.2) is 8.70 Å². The molecule has 4 nitrogen and oxygen atoms in total. The van der Waals surface area contributed by atoms with Crippen molar-refractivity contribution in [3.05, 3.63) is 64.5 Å². The Morgan fingerprint density at radius 3 is 2.70 bits per heavy atom. The van der Waals surface area contributed by atoms with Gasteiger partial charge in [0.15, 0.2) is 0 Å². The lowest BCUT2D eigenvalue weighted by molar-refractivity contribution is -0.126. The summed E-state index contributed by atoms with van der Waals surface area (Å²) in [6.07, 6.45) is 1.69. The summed E-state index contributed by atoms with van der Waals surface area (Å²) in [7, 11) is 1.79. The second kappa shape index (κ2) is 6.02. The molecule has 1 aromatic heterocycles. The van der Waals surface area contributed by atoms with Crippen molar-refractivity contribution in [2.45, 2.75) is 10.3 Å². The smallest absolute Gasteiger partial charge is 0.240 e. The Labute approximate surface area is 168 Å². The molecule has 0 radical (unpaired) electrons. The average molecular weight is 444 g/mol. The van der Waals surface area contributed by atoms with Gasteiger partial charge in [0.05, 0.1) is 21.9 Å². The van der Waals surface area contributed by atoms with Crippen LogP contribution in [0.15, 0.2) is 58.0 Å². The molecule has 27 heavy (non-hydrogen) atoms. The first-order valence-electron chi connectivity index (χ1n) is 8.54. The van der Waals surface area contributed by atoms with Gasteiger partial charge in [0.25, 0.3) is 0 Å². The normalized spacial score (nSPS) is 18.2. The Morgan fingerprint density at radius 2 is 1.96 bits per heavy atom. The summed E-state index contributed by atoms with van der Waals surface area (Å²) in [6, 6.07) is 13.3. The van der Waals surface area contributed by atoms with Crippen LogP contribution in [0.4, 0.5) is 10.1 Å². The Bertz CT molecular complexity index is 1090. The van der Waals surface area contributed by atoms with Crippen molar-refractivity contribution in [2.75, 3.05) is 25.0 Å². The Kier molecular flexibility index (Phi) is 3.83. The molecule has 1 saturated heterocycles. The number of aromatic nitrogens is 1. The molecule has 0 aliphatic carbocycles. The molecule has 3 heterocycles. The lowest BCUT2D eigenvalue weighted by Crippen LogP contribution is -2.61. The highest BCUT2D eigenvalue weighted by atomic mass is 79.9. The lowest BCUT2D eigenvalue weighted by atomic mass is 9.75. The van der Waals surface area contributed by atoms with Gasteiger partial charge in [-0.1, -0.05) is 18.2 Å². The molecule has 1 fully saturated rings. The van der Waals surface area contributed by atoms with Crippen LogP contribution in [0.25, 0.3) is 10.9 Å². The van der Waals surface area contributed by atoms with E-state index in [-0.39, 0.29) is 11.7 Å². The zero-order valence-electron chi connectivity index (χ0n) is 14.4. The first-order chi connectivity index (χ1) is 13.0. The first kappa shape index (κ1) is 17.2. The van der Waals surface area contributed by atoms with E-state index in [1.165, 1.54) is 6.07 Å². The van der Waals surface area contributed by atoms with E-state index in [1.54, 1.807) is 36.2 Å². The van der Waals surface area contributed by atoms with Crippen molar-refractivity contribution in [3.63, 3.8) is 0 Å². The second-order valence-electron chi connectivity index (χ2n) is 6.95. The van der Waals surface area contributed by atoms with Crippen LogP contribution < -0.4 is 4.90 Å².